The maximum atomic E-state index is 13.3. The Morgan fingerprint density at radius 2 is 1.34 bits per heavy atom. The zero-order chi connectivity index (χ0) is 28.1. The van der Waals surface area contributed by atoms with Crippen LogP contribution in [0.2, 0.25) is 0 Å². The molecule has 0 spiro atoms. The lowest BCUT2D eigenvalue weighted by molar-refractivity contribution is -0.142. The van der Waals surface area contributed by atoms with Crippen molar-refractivity contribution in [2.24, 2.45) is 5.73 Å². The average Bonchev–Trinajstić information content (AvgIpc) is 2.91. The number of hydrogen-bond donors (Lipinski definition) is 7. The normalized spacial score (nSPS) is 14.0. The van der Waals surface area contributed by atoms with E-state index in [1.165, 1.54) is 23.9 Å². The first-order valence-corrected chi connectivity index (χ1v) is 13.3. The van der Waals surface area contributed by atoms with Gasteiger partial charge in [-0.05, 0) is 41.7 Å². The zero-order valence-corrected chi connectivity index (χ0v) is 21.8. The van der Waals surface area contributed by atoms with E-state index in [0.717, 1.165) is 0 Å². The van der Waals surface area contributed by atoms with Gasteiger partial charge in [-0.25, -0.2) is 4.79 Å². The number of nitrogens with one attached hydrogen (secondary N) is 3. The third kappa shape index (κ3) is 10.0. The number of thioether (sulfide) groups is 1. The Morgan fingerprint density at radius 1 is 0.816 bits per heavy atom. The topological polar surface area (TPSA) is 191 Å². The van der Waals surface area contributed by atoms with Crippen molar-refractivity contribution in [1.29, 1.82) is 0 Å². The first kappa shape index (κ1) is 30.6. The number of carbonyl (C=O) groups is 4. The molecule has 2 rings (SSSR count). The van der Waals surface area contributed by atoms with Crippen LogP contribution in [0.15, 0.2) is 54.6 Å². The second-order valence-corrected chi connectivity index (χ2v) is 9.64. The van der Waals surface area contributed by atoms with Crippen LogP contribution in [-0.2, 0) is 32.0 Å². The van der Waals surface area contributed by atoms with Crippen molar-refractivity contribution in [3.8, 4) is 5.75 Å². The van der Waals surface area contributed by atoms with Gasteiger partial charge in [-0.15, -0.1) is 0 Å². The van der Waals surface area contributed by atoms with E-state index in [9.17, 15) is 29.4 Å². The lowest BCUT2D eigenvalue weighted by atomic mass is 10.0. The number of aliphatic hydroxyl groups excluding tert-OH is 1. The highest BCUT2D eigenvalue weighted by Crippen LogP contribution is 2.13. The van der Waals surface area contributed by atoms with Gasteiger partial charge < -0.3 is 37.0 Å². The summed E-state index contributed by atoms with van der Waals surface area (Å²) in [5.41, 5.74) is 6.87. The predicted octanol–water partition coefficient (Wildman–Crippen LogP) is -0.211. The first-order valence-electron chi connectivity index (χ1n) is 12.0. The summed E-state index contributed by atoms with van der Waals surface area (Å²) in [5.74, 6) is -2.81. The second kappa shape index (κ2) is 15.6. The van der Waals surface area contributed by atoms with Crippen LogP contribution in [0, 0.1) is 0 Å². The summed E-state index contributed by atoms with van der Waals surface area (Å²) in [5, 5.41) is 36.1. The second-order valence-electron chi connectivity index (χ2n) is 8.65. The number of benzene rings is 2. The van der Waals surface area contributed by atoms with Crippen LogP contribution < -0.4 is 21.7 Å². The highest BCUT2D eigenvalue weighted by Gasteiger charge is 2.30. The van der Waals surface area contributed by atoms with Crippen molar-refractivity contribution in [2.45, 2.75) is 43.4 Å². The molecule has 2 aromatic rings. The number of amides is 3. The molecule has 4 unspecified atom stereocenters. The summed E-state index contributed by atoms with van der Waals surface area (Å²) in [6, 6.07) is 10.1. The Morgan fingerprint density at radius 3 is 1.92 bits per heavy atom. The fourth-order valence-corrected chi connectivity index (χ4v) is 4.01. The molecule has 2 aromatic carbocycles. The summed E-state index contributed by atoms with van der Waals surface area (Å²) >= 11 is 1.45. The Bertz CT molecular complexity index is 1070. The van der Waals surface area contributed by atoms with Crippen LogP contribution in [0.25, 0.3) is 0 Å². The molecule has 12 heteroatoms. The van der Waals surface area contributed by atoms with E-state index in [4.69, 9.17) is 10.8 Å². The van der Waals surface area contributed by atoms with Crippen LogP contribution in [0.5, 0.6) is 5.75 Å². The number of carbonyl (C=O) groups excluding carboxylic acids is 3. The van der Waals surface area contributed by atoms with Gasteiger partial charge in [-0.1, -0.05) is 42.5 Å². The Hall–Kier alpha value is -3.61. The summed E-state index contributed by atoms with van der Waals surface area (Å²) < 4.78 is 0. The van der Waals surface area contributed by atoms with E-state index < -0.39 is 54.5 Å². The molecule has 0 bridgehead atoms. The van der Waals surface area contributed by atoms with E-state index in [1.54, 1.807) is 42.5 Å². The smallest absolute Gasteiger partial charge is 0.326 e. The number of carboxylic acids is 1. The Labute approximate surface area is 225 Å². The van der Waals surface area contributed by atoms with Crippen molar-refractivity contribution in [1.82, 2.24) is 16.0 Å². The van der Waals surface area contributed by atoms with Gasteiger partial charge in [-0.2, -0.15) is 11.8 Å². The number of aromatic hydroxyl groups is 1. The molecule has 4 atom stereocenters. The quantitative estimate of drug-likeness (QED) is 0.158. The van der Waals surface area contributed by atoms with Crippen LogP contribution in [0.4, 0.5) is 0 Å². The molecule has 11 nitrogen and oxygen atoms in total. The molecule has 0 aliphatic rings. The molecular weight excluding hydrogens is 512 g/mol. The monoisotopic (exact) mass is 546 g/mol. The van der Waals surface area contributed by atoms with Crippen molar-refractivity contribution in [2.75, 3.05) is 18.6 Å². The third-order valence-electron chi connectivity index (χ3n) is 5.68. The molecular formula is C26H34N4O7S. The fraction of sp³-hybridized carbons (Fsp3) is 0.385. The Kier molecular flexibility index (Phi) is 12.6. The summed E-state index contributed by atoms with van der Waals surface area (Å²) in [6.45, 7) is -0.605. The number of carboxylic acid groups (broad SMARTS) is 1. The fourth-order valence-electron chi connectivity index (χ4n) is 3.54. The molecule has 0 aliphatic carbocycles. The van der Waals surface area contributed by atoms with Crippen molar-refractivity contribution in [3.05, 3.63) is 65.7 Å². The van der Waals surface area contributed by atoms with E-state index >= 15 is 0 Å². The standard InChI is InChI=1S/C26H34N4O7S/c1-38-12-11-20(28-23(33)19(27)15-31)24(34)29-21(13-17-7-9-18(32)10-8-17)25(35)30-22(26(36)37)14-16-5-3-2-4-6-16/h2-10,19-22,31-32H,11-15,27H2,1H3,(H,28,33)(H,29,34)(H,30,35)(H,36,37). The van der Waals surface area contributed by atoms with Gasteiger partial charge in [0.1, 0.15) is 29.9 Å². The van der Waals surface area contributed by atoms with Crippen LogP contribution in [-0.4, -0.2) is 81.8 Å². The van der Waals surface area contributed by atoms with Crippen LogP contribution in [0.1, 0.15) is 17.5 Å². The average molecular weight is 547 g/mol. The molecule has 206 valence electrons. The molecule has 0 saturated heterocycles. The van der Waals surface area contributed by atoms with E-state index in [2.05, 4.69) is 16.0 Å². The number of hydrogen-bond acceptors (Lipinski definition) is 8. The van der Waals surface area contributed by atoms with Gasteiger partial charge in [0.2, 0.25) is 17.7 Å². The minimum absolute atomic E-state index is 0.00508. The molecule has 0 aliphatic heterocycles. The van der Waals surface area contributed by atoms with Crippen LogP contribution in [0.3, 0.4) is 0 Å². The van der Waals surface area contributed by atoms with Gasteiger partial charge in [0, 0.05) is 12.8 Å². The summed E-state index contributed by atoms with van der Waals surface area (Å²) in [4.78, 5) is 50.6. The first-order chi connectivity index (χ1) is 18.1. The Balaban J connectivity index is 2.25. The number of nitrogens with two attached hydrogens (primary N) is 1. The third-order valence-corrected chi connectivity index (χ3v) is 6.33. The van der Waals surface area contributed by atoms with Gasteiger partial charge in [-0.3, -0.25) is 14.4 Å². The largest absolute Gasteiger partial charge is 0.508 e. The van der Waals surface area contributed by atoms with Crippen molar-refractivity contribution >= 4 is 35.5 Å². The highest BCUT2D eigenvalue weighted by molar-refractivity contribution is 7.98. The minimum atomic E-state index is -1.25. The summed E-state index contributed by atoms with van der Waals surface area (Å²) in [7, 11) is 0. The number of phenolic OH excluding ortho intramolecular Hbond substituents is 1. The number of aliphatic carboxylic acids is 1. The van der Waals surface area contributed by atoms with E-state index in [1.807, 2.05) is 6.26 Å². The maximum absolute atomic E-state index is 13.3. The maximum Gasteiger partial charge on any atom is 0.326 e. The van der Waals surface area contributed by atoms with E-state index in [-0.39, 0.29) is 25.0 Å². The number of aliphatic hydroxyl groups is 1. The molecule has 8 N–H and O–H groups in total. The van der Waals surface area contributed by atoms with Gasteiger partial charge in [0.05, 0.1) is 6.61 Å². The molecule has 0 fully saturated rings. The highest BCUT2D eigenvalue weighted by atomic mass is 32.2. The lowest BCUT2D eigenvalue weighted by Crippen LogP contribution is -2.58. The molecule has 0 heterocycles. The lowest BCUT2D eigenvalue weighted by Gasteiger charge is -2.25. The van der Waals surface area contributed by atoms with Gasteiger partial charge in [0.15, 0.2) is 0 Å². The molecule has 0 aromatic heterocycles. The van der Waals surface area contributed by atoms with E-state index in [0.29, 0.717) is 16.9 Å². The van der Waals surface area contributed by atoms with Crippen molar-refractivity contribution < 1.29 is 34.5 Å². The van der Waals surface area contributed by atoms with Gasteiger partial charge >= 0.3 is 5.97 Å². The number of phenols is 1. The van der Waals surface area contributed by atoms with Crippen molar-refractivity contribution in [3.63, 3.8) is 0 Å². The molecule has 0 radical (unpaired) electrons. The van der Waals surface area contributed by atoms with Gasteiger partial charge in [0.25, 0.3) is 0 Å². The van der Waals surface area contributed by atoms with Crippen LogP contribution >= 0.6 is 11.8 Å². The number of rotatable bonds is 15. The summed E-state index contributed by atoms with van der Waals surface area (Å²) in [6.07, 6.45) is 2.09. The SMILES string of the molecule is CSCCC(NC(=O)C(N)CO)C(=O)NC(Cc1ccc(O)cc1)C(=O)NC(Cc1ccccc1)C(=O)O. The molecule has 3 amide bonds. The zero-order valence-electron chi connectivity index (χ0n) is 21.0. The molecule has 0 saturated carbocycles. The predicted molar refractivity (Wildman–Crippen MR) is 143 cm³/mol. The molecule has 38 heavy (non-hydrogen) atoms. The minimum Gasteiger partial charge on any atom is -0.508 e.